The molecule has 8 heteroatoms. The Morgan fingerprint density at radius 2 is 1.84 bits per heavy atom. The third kappa shape index (κ3) is 4.29. The first-order chi connectivity index (χ1) is 18.0. The molecule has 6 rings (SSSR count). The summed E-state index contributed by atoms with van der Waals surface area (Å²) in [6.07, 6.45) is 3.75. The first kappa shape index (κ1) is 23.4. The summed E-state index contributed by atoms with van der Waals surface area (Å²) >= 11 is 6.31. The van der Waals surface area contributed by atoms with Crippen molar-refractivity contribution in [2.75, 3.05) is 23.3 Å². The van der Waals surface area contributed by atoms with Gasteiger partial charge in [-0.3, -0.25) is 10.2 Å². The van der Waals surface area contributed by atoms with E-state index in [2.05, 4.69) is 66.8 Å². The largest absolute Gasteiger partial charge is 0.370 e. The molecule has 1 saturated heterocycles. The molecule has 3 aromatic carbocycles. The average Bonchev–Trinajstić information content (AvgIpc) is 3.49. The second-order valence-corrected chi connectivity index (χ2v) is 10.1. The number of benzene rings is 3. The summed E-state index contributed by atoms with van der Waals surface area (Å²) in [6, 6.07) is 22.5. The monoisotopic (exact) mass is 512 g/mol. The molecule has 0 aliphatic carbocycles. The van der Waals surface area contributed by atoms with Crippen molar-refractivity contribution in [3.05, 3.63) is 89.1 Å². The average molecular weight is 513 g/mol. The molecule has 2 aromatic heterocycles. The maximum Gasteiger partial charge on any atom is 0.221 e. The summed E-state index contributed by atoms with van der Waals surface area (Å²) in [5, 5.41) is 14.0. The van der Waals surface area contributed by atoms with E-state index in [1.807, 2.05) is 24.4 Å². The molecule has 1 aliphatic heterocycles. The van der Waals surface area contributed by atoms with Gasteiger partial charge in [0.05, 0.1) is 29.0 Å². The van der Waals surface area contributed by atoms with Crippen molar-refractivity contribution in [3.8, 4) is 0 Å². The van der Waals surface area contributed by atoms with E-state index in [4.69, 9.17) is 11.6 Å². The van der Waals surface area contributed by atoms with E-state index >= 15 is 0 Å². The predicted octanol–water partition coefficient (Wildman–Crippen LogP) is 5.91. The van der Waals surface area contributed by atoms with E-state index in [1.54, 1.807) is 6.07 Å². The lowest BCUT2D eigenvalue weighted by Crippen LogP contribution is -2.38. The van der Waals surface area contributed by atoms with Crippen molar-refractivity contribution in [1.29, 1.82) is 5.41 Å². The van der Waals surface area contributed by atoms with Gasteiger partial charge in [-0.2, -0.15) is 0 Å². The highest BCUT2D eigenvalue weighted by Crippen LogP contribution is 2.34. The topological polar surface area (TPSA) is 81.8 Å². The number of fused-ring (bicyclic) bond motifs is 2. The van der Waals surface area contributed by atoms with Crippen LogP contribution in [0.5, 0.6) is 0 Å². The highest BCUT2D eigenvalue weighted by Gasteiger charge is 2.26. The molecule has 37 heavy (non-hydrogen) atoms. The molecular weight excluding hydrogens is 484 g/mol. The van der Waals surface area contributed by atoms with Crippen LogP contribution in [0.2, 0.25) is 5.02 Å². The number of rotatable bonds is 5. The fourth-order valence-electron chi connectivity index (χ4n) is 5.67. The molecule has 3 heterocycles. The van der Waals surface area contributed by atoms with Crippen LogP contribution in [-0.4, -0.2) is 33.1 Å². The highest BCUT2D eigenvalue weighted by molar-refractivity contribution is 6.31. The van der Waals surface area contributed by atoms with Crippen LogP contribution in [0.4, 0.5) is 11.4 Å². The van der Waals surface area contributed by atoms with Crippen molar-refractivity contribution in [2.45, 2.75) is 32.4 Å². The van der Waals surface area contributed by atoms with Gasteiger partial charge in [-0.05, 0) is 60.9 Å². The standard InChI is InChI=1S/C29H29ClN6O/c1-19(37)33-25-10-9-21(30)17-28(25)34-15-12-22(13-16-34)36-27-8-3-2-7-26(27)35(29(36)31)18-20-5-4-6-24-23(20)11-14-32-24/h2-11,14,17,22,31-32H,12-13,15-16,18H2,1H3,(H,33,37). The third-order valence-corrected chi connectivity index (χ3v) is 7.61. The quantitative estimate of drug-likeness (QED) is 0.274. The molecule has 1 amide bonds. The first-order valence-electron chi connectivity index (χ1n) is 12.6. The number of H-pyrrole nitrogens is 1. The molecule has 0 unspecified atom stereocenters. The summed E-state index contributed by atoms with van der Waals surface area (Å²) < 4.78 is 4.33. The molecule has 3 N–H and O–H groups in total. The zero-order valence-electron chi connectivity index (χ0n) is 20.7. The summed E-state index contributed by atoms with van der Waals surface area (Å²) in [5.74, 6) is -0.101. The lowest BCUT2D eigenvalue weighted by atomic mass is 10.0. The summed E-state index contributed by atoms with van der Waals surface area (Å²) in [4.78, 5) is 17.3. The van der Waals surface area contributed by atoms with Crippen LogP contribution in [0.25, 0.3) is 21.9 Å². The lowest BCUT2D eigenvalue weighted by molar-refractivity contribution is -0.114. The number of carbonyl (C=O) groups is 1. The number of imidazole rings is 1. The Bertz CT molecular complexity index is 1670. The van der Waals surface area contributed by atoms with Crippen LogP contribution in [0.3, 0.4) is 0 Å². The van der Waals surface area contributed by atoms with Crippen molar-refractivity contribution in [2.24, 2.45) is 0 Å². The van der Waals surface area contributed by atoms with Crippen LogP contribution in [0.1, 0.15) is 31.4 Å². The molecule has 1 aliphatic rings. The number of nitrogens with one attached hydrogen (secondary N) is 3. The number of hydrogen-bond acceptors (Lipinski definition) is 3. The third-order valence-electron chi connectivity index (χ3n) is 7.37. The van der Waals surface area contributed by atoms with Gasteiger partial charge in [0.2, 0.25) is 11.5 Å². The van der Waals surface area contributed by atoms with Crippen molar-refractivity contribution < 1.29 is 4.79 Å². The zero-order valence-corrected chi connectivity index (χ0v) is 21.4. The lowest BCUT2D eigenvalue weighted by Gasteiger charge is -2.35. The number of halogens is 1. The normalized spacial score (nSPS) is 14.5. The Balaban J connectivity index is 1.31. The number of para-hydroxylation sites is 2. The molecule has 1 fully saturated rings. The maximum absolute atomic E-state index is 11.7. The van der Waals surface area contributed by atoms with Crippen molar-refractivity contribution in [3.63, 3.8) is 0 Å². The number of aromatic amines is 1. The van der Waals surface area contributed by atoms with Crippen molar-refractivity contribution >= 4 is 50.8 Å². The summed E-state index contributed by atoms with van der Waals surface area (Å²) in [7, 11) is 0. The molecule has 0 saturated carbocycles. The van der Waals surface area contributed by atoms with E-state index in [9.17, 15) is 10.2 Å². The van der Waals surface area contributed by atoms with Gasteiger partial charge in [0, 0.05) is 48.2 Å². The molecule has 188 valence electrons. The maximum atomic E-state index is 11.7. The Labute approximate surface area is 219 Å². The van der Waals surface area contributed by atoms with Crippen LogP contribution in [-0.2, 0) is 11.3 Å². The first-order valence-corrected chi connectivity index (χ1v) is 13.0. The van der Waals surface area contributed by atoms with Gasteiger partial charge in [0.1, 0.15) is 0 Å². The second-order valence-electron chi connectivity index (χ2n) is 9.69. The molecule has 0 bridgehead atoms. The number of anilines is 2. The minimum absolute atomic E-state index is 0.101. The number of piperidine rings is 1. The number of amides is 1. The summed E-state index contributed by atoms with van der Waals surface area (Å²) in [5.41, 5.74) is 6.72. The van der Waals surface area contributed by atoms with Gasteiger partial charge >= 0.3 is 0 Å². The van der Waals surface area contributed by atoms with Gasteiger partial charge in [-0.15, -0.1) is 0 Å². The van der Waals surface area contributed by atoms with E-state index in [0.29, 0.717) is 17.2 Å². The Morgan fingerprint density at radius 3 is 2.62 bits per heavy atom. The molecule has 0 radical (unpaired) electrons. The number of carbonyl (C=O) groups excluding carboxylic acids is 1. The van der Waals surface area contributed by atoms with Gasteiger partial charge < -0.3 is 24.3 Å². The van der Waals surface area contributed by atoms with Gasteiger partial charge in [0.25, 0.3) is 0 Å². The molecule has 5 aromatic rings. The van der Waals surface area contributed by atoms with Crippen LogP contribution < -0.4 is 15.8 Å². The number of aromatic nitrogens is 3. The zero-order chi connectivity index (χ0) is 25.5. The smallest absolute Gasteiger partial charge is 0.221 e. The fourth-order valence-corrected chi connectivity index (χ4v) is 5.84. The van der Waals surface area contributed by atoms with Gasteiger partial charge in [0.15, 0.2) is 0 Å². The molecule has 0 atom stereocenters. The fraction of sp³-hybridized carbons (Fsp3) is 0.241. The number of hydrogen-bond donors (Lipinski definition) is 3. The predicted molar refractivity (Wildman–Crippen MR) is 149 cm³/mol. The Morgan fingerprint density at radius 1 is 1.05 bits per heavy atom. The van der Waals surface area contributed by atoms with Gasteiger partial charge in [-0.1, -0.05) is 35.9 Å². The summed E-state index contributed by atoms with van der Waals surface area (Å²) in [6.45, 7) is 3.78. The Hall–Kier alpha value is -3.97. The van der Waals surface area contributed by atoms with Crippen molar-refractivity contribution in [1.82, 2.24) is 14.1 Å². The van der Waals surface area contributed by atoms with Crippen LogP contribution >= 0.6 is 11.6 Å². The van der Waals surface area contributed by atoms with Crippen LogP contribution in [0.15, 0.2) is 72.9 Å². The molecule has 0 spiro atoms. The Kier molecular flexibility index (Phi) is 6.00. The van der Waals surface area contributed by atoms with Gasteiger partial charge in [-0.25, -0.2) is 0 Å². The highest BCUT2D eigenvalue weighted by atomic mass is 35.5. The molecule has 7 nitrogen and oxygen atoms in total. The number of nitrogens with zero attached hydrogens (tertiary/aromatic N) is 3. The van der Waals surface area contributed by atoms with E-state index in [-0.39, 0.29) is 11.9 Å². The van der Waals surface area contributed by atoms with E-state index in [1.165, 1.54) is 17.9 Å². The molecular formula is C29H29ClN6O. The van der Waals surface area contributed by atoms with Crippen LogP contribution in [0, 0.1) is 5.41 Å². The second kappa shape index (κ2) is 9.48. The van der Waals surface area contributed by atoms with E-state index < -0.39 is 0 Å². The van der Waals surface area contributed by atoms with E-state index in [0.717, 1.165) is 53.9 Å². The minimum Gasteiger partial charge on any atom is -0.370 e. The minimum atomic E-state index is -0.101. The SMILES string of the molecule is CC(=O)Nc1ccc(Cl)cc1N1CCC(n2c(=N)n(Cc3cccc4[nH]ccc34)c3ccccc32)CC1.